The molecule has 0 radical (unpaired) electrons. The number of benzene rings is 1. The van der Waals surface area contributed by atoms with Crippen molar-refractivity contribution in [3.63, 3.8) is 0 Å². The Balaban J connectivity index is 3.12. The summed E-state index contributed by atoms with van der Waals surface area (Å²) in [7, 11) is 0. The molecule has 5 heteroatoms. The van der Waals surface area contributed by atoms with Crippen LogP contribution in [0.4, 0.5) is 8.78 Å². The molecule has 0 heterocycles. The van der Waals surface area contributed by atoms with Crippen LogP contribution >= 0.6 is 0 Å². The van der Waals surface area contributed by atoms with Crippen LogP contribution in [-0.2, 0) is 4.79 Å². The Morgan fingerprint density at radius 2 is 2.07 bits per heavy atom. The van der Waals surface area contributed by atoms with Crippen LogP contribution in [0, 0.1) is 18.6 Å². The molecule has 3 nitrogen and oxygen atoms in total. The first-order chi connectivity index (χ1) is 6.93. The lowest BCUT2D eigenvalue weighted by Crippen LogP contribution is -2.10. The normalized spacial score (nSPS) is 12.5. The Bertz CT molecular complexity index is 390. The van der Waals surface area contributed by atoms with Crippen molar-refractivity contribution in [3.8, 4) is 0 Å². The van der Waals surface area contributed by atoms with E-state index in [0.29, 0.717) is 0 Å². The van der Waals surface area contributed by atoms with Gasteiger partial charge in [-0.05, 0) is 18.6 Å². The molecule has 0 aliphatic heterocycles. The average Bonchev–Trinajstić information content (AvgIpc) is 2.11. The zero-order chi connectivity index (χ0) is 11.6. The fourth-order valence-corrected chi connectivity index (χ4v) is 1.25. The Kier molecular flexibility index (Phi) is 3.36. The van der Waals surface area contributed by atoms with Crippen molar-refractivity contribution in [2.75, 3.05) is 0 Å². The highest BCUT2D eigenvalue weighted by molar-refractivity contribution is 5.67. The van der Waals surface area contributed by atoms with Gasteiger partial charge in [0.15, 0.2) is 0 Å². The smallest absolute Gasteiger partial charge is 0.306 e. The second kappa shape index (κ2) is 4.35. The molecule has 0 saturated carbocycles. The average molecular weight is 216 g/mol. The van der Waals surface area contributed by atoms with Crippen LogP contribution in [-0.4, -0.2) is 16.2 Å². The number of aliphatic carboxylic acids is 1. The fraction of sp³-hybridized carbons (Fsp3) is 0.300. The van der Waals surface area contributed by atoms with E-state index in [9.17, 15) is 18.7 Å². The third-order valence-corrected chi connectivity index (χ3v) is 2.02. The van der Waals surface area contributed by atoms with Crippen molar-refractivity contribution in [2.24, 2.45) is 0 Å². The predicted octanol–water partition coefficient (Wildman–Crippen LogP) is 1.78. The second-order valence-electron chi connectivity index (χ2n) is 3.21. The molecule has 0 aromatic heterocycles. The molecule has 0 spiro atoms. The minimum atomic E-state index is -1.66. The van der Waals surface area contributed by atoms with E-state index in [4.69, 9.17) is 5.11 Å². The van der Waals surface area contributed by atoms with Gasteiger partial charge in [0, 0.05) is 0 Å². The molecule has 1 aromatic rings. The van der Waals surface area contributed by atoms with Crippen LogP contribution in [0.1, 0.15) is 23.7 Å². The van der Waals surface area contributed by atoms with Crippen LogP contribution < -0.4 is 0 Å². The molecular weight excluding hydrogens is 206 g/mol. The van der Waals surface area contributed by atoms with Crippen molar-refractivity contribution >= 4 is 5.97 Å². The summed E-state index contributed by atoms with van der Waals surface area (Å²) in [5, 5.41) is 17.7. The number of carbonyl (C=O) groups is 1. The number of halogens is 2. The van der Waals surface area contributed by atoms with Crippen LogP contribution in [0.2, 0.25) is 0 Å². The first-order valence-electron chi connectivity index (χ1n) is 4.28. The number of aryl methyl sites for hydroxylation is 1. The molecular formula is C10H10F2O3. The Morgan fingerprint density at radius 1 is 1.47 bits per heavy atom. The molecule has 0 aliphatic rings. The summed E-state index contributed by atoms with van der Waals surface area (Å²) < 4.78 is 26.5. The maximum atomic E-state index is 13.4. The lowest BCUT2D eigenvalue weighted by atomic mass is 10.0. The number of hydrogen-bond donors (Lipinski definition) is 2. The van der Waals surface area contributed by atoms with Crippen molar-refractivity contribution in [1.29, 1.82) is 0 Å². The monoisotopic (exact) mass is 216 g/mol. The predicted molar refractivity (Wildman–Crippen MR) is 48.3 cm³/mol. The van der Waals surface area contributed by atoms with Crippen LogP contribution in [0.15, 0.2) is 12.1 Å². The maximum absolute atomic E-state index is 13.4. The molecule has 0 fully saturated rings. The Hall–Kier alpha value is -1.49. The zero-order valence-electron chi connectivity index (χ0n) is 8.00. The number of aliphatic hydroxyl groups excluding tert-OH is 1. The lowest BCUT2D eigenvalue weighted by molar-refractivity contribution is -0.139. The quantitative estimate of drug-likeness (QED) is 0.809. The number of rotatable bonds is 3. The third-order valence-electron chi connectivity index (χ3n) is 2.02. The highest BCUT2D eigenvalue weighted by Gasteiger charge is 2.21. The third kappa shape index (κ3) is 2.50. The van der Waals surface area contributed by atoms with E-state index in [0.717, 1.165) is 6.07 Å². The van der Waals surface area contributed by atoms with Gasteiger partial charge in [0.05, 0.1) is 18.1 Å². The maximum Gasteiger partial charge on any atom is 0.306 e. The fourth-order valence-electron chi connectivity index (χ4n) is 1.25. The molecule has 0 unspecified atom stereocenters. The summed E-state index contributed by atoms with van der Waals surface area (Å²) in [6.45, 7) is 1.41. The summed E-state index contributed by atoms with van der Waals surface area (Å²) in [5.74, 6) is -3.15. The molecule has 0 bridgehead atoms. The zero-order valence-corrected chi connectivity index (χ0v) is 8.00. The second-order valence-corrected chi connectivity index (χ2v) is 3.21. The van der Waals surface area contributed by atoms with Gasteiger partial charge in [-0.15, -0.1) is 0 Å². The molecule has 82 valence electrons. The van der Waals surface area contributed by atoms with Crippen molar-refractivity contribution in [3.05, 3.63) is 34.9 Å². The van der Waals surface area contributed by atoms with Crippen molar-refractivity contribution < 1.29 is 23.8 Å². The van der Waals surface area contributed by atoms with Gasteiger partial charge in [0.2, 0.25) is 0 Å². The molecule has 15 heavy (non-hydrogen) atoms. The SMILES string of the molecule is Cc1ccc(F)c([C@@H](O)CC(=O)O)c1F. The minimum Gasteiger partial charge on any atom is -0.481 e. The van der Waals surface area contributed by atoms with Gasteiger partial charge < -0.3 is 10.2 Å². The molecule has 1 rings (SSSR count). The van der Waals surface area contributed by atoms with Crippen LogP contribution in [0.5, 0.6) is 0 Å². The summed E-state index contributed by atoms with van der Waals surface area (Å²) in [6.07, 6.45) is -2.39. The number of hydrogen-bond acceptors (Lipinski definition) is 2. The van der Waals surface area contributed by atoms with Gasteiger partial charge in [-0.1, -0.05) is 6.07 Å². The van der Waals surface area contributed by atoms with Crippen molar-refractivity contribution in [1.82, 2.24) is 0 Å². The Morgan fingerprint density at radius 3 is 2.60 bits per heavy atom. The lowest BCUT2D eigenvalue weighted by Gasteiger charge is -2.11. The molecule has 0 saturated heterocycles. The minimum absolute atomic E-state index is 0.163. The van der Waals surface area contributed by atoms with E-state index in [1.165, 1.54) is 13.0 Å². The number of aliphatic hydroxyl groups is 1. The van der Waals surface area contributed by atoms with E-state index in [2.05, 4.69) is 0 Å². The van der Waals surface area contributed by atoms with Gasteiger partial charge in [-0.25, -0.2) is 8.78 Å². The van der Waals surface area contributed by atoms with Gasteiger partial charge >= 0.3 is 5.97 Å². The summed E-state index contributed by atoms with van der Waals surface area (Å²) >= 11 is 0. The first-order valence-corrected chi connectivity index (χ1v) is 4.28. The highest BCUT2D eigenvalue weighted by Crippen LogP contribution is 2.25. The van der Waals surface area contributed by atoms with Gasteiger partial charge in [0.25, 0.3) is 0 Å². The van der Waals surface area contributed by atoms with E-state index < -0.39 is 35.7 Å². The van der Waals surface area contributed by atoms with E-state index in [-0.39, 0.29) is 5.56 Å². The summed E-state index contributed by atoms with van der Waals surface area (Å²) in [4.78, 5) is 10.3. The van der Waals surface area contributed by atoms with Crippen LogP contribution in [0.3, 0.4) is 0 Å². The molecule has 1 atom stereocenters. The standard InChI is InChI=1S/C10H10F2O3/c1-5-2-3-6(11)9(10(5)12)7(13)4-8(14)15/h2-3,7,13H,4H2,1H3,(H,14,15)/t7-/m0/s1. The van der Waals surface area contributed by atoms with E-state index in [1.807, 2.05) is 0 Å². The van der Waals surface area contributed by atoms with Crippen molar-refractivity contribution in [2.45, 2.75) is 19.4 Å². The largest absolute Gasteiger partial charge is 0.481 e. The number of carboxylic acids is 1. The molecule has 0 amide bonds. The summed E-state index contributed by atoms with van der Waals surface area (Å²) in [5.41, 5.74) is -0.423. The van der Waals surface area contributed by atoms with E-state index >= 15 is 0 Å². The highest BCUT2D eigenvalue weighted by atomic mass is 19.1. The van der Waals surface area contributed by atoms with Gasteiger partial charge in [-0.3, -0.25) is 4.79 Å². The molecule has 0 aliphatic carbocycles. The molecule has 1 aromatic carbocycles. The summed E-state index contributed by atoms with van der Waals surface area (Å²) in [6, 6.07) is 2.22. The van der Waals surface area contributed by atoms with Gasteiger partial charge in [-0.2, -0.15) is 0 Å². The topological polar surface area (TPSA) is 57.5 Å². The van der Waals surface area contributed by atoms with Gasteiger partial charge in [0.1, 0.15) is 11.6 Å². The van der Waals surface area contributed by atoms with E-state index in [1.54, 1.807) is 0 Å². The first kappa shape index (κ1) is 11.6. The van der Waals surface area contributed by atoms with Crippen LogP contribution in [0.25, 0.3) is 0 Å². The Labute approximate surface area is 85.0 Å². The number of carboxylic acid groups (broad SMARTS) is 1. The molecule has 2 N–H and O–H groups in total.